The van der Waals surface area contributed by atoms with Gasteiger partial charge in [-0.3, -0.25) is 0 Å². The van der Waals surface area contributed by atoms with E-state index in [-0.39, 0.29) is 0 Å². The number of nitrogens with zero attached hydrogens (tertiary/aromatic N) is 1. The van der Waals surface area contributed by atoms with Crippen LogP contribution >= 0.6 is 0 Å². The van der Waals surface area contributed by atoms with Crippen LogP contribution in [0.2, 0.25) is 0 Å². The van der Waals surface area contributed by atoms with Gasteiger partial charge in [0.1, 0.15) is 0 Å². The Kier molecular flexibility index (Phi) is 29.4. The Morgan fingerprint density at radius 2 is 0.513 bits per heavy atom. The standard InChI is InChI=1S/C38H80N/c1-7-11-15-19-21-25-29-33-37(31-27-23-17-13-9-3)35-39(5,6)36-38(32-28-24-18-14-10-4)34-30-26-22-20-16-12-8-2/h37-38H,7-36H2,1-6H3/q+1. The quantitative estimate of drug-likeness (QED) is 0.0577. The Morgan fingerprint density at radius 1 is 0.308 bits per heavy atom. The van der Waals surface area contributed by atoms with Gasteiger partial charge in [-0.2, -0.15) is 0 Å². The van der Waals surface area contributed by atoms with Crippen molar-refractivity contribution in [3.63, 3.8) is 0 Å². The molecule has 0 N–H and O–H groups in total. The third-order valence-electron chi connectivity index (χ3n) is 9.37. The summed E-state index contributed by atoms with van der Waals surface area (Å²) in [6.45, 7) is 12.2. The summed E-state index contributed by atoms with van der Waals surface area (Å²) in [7, 11) is 5.17. The average molecular weight is 551 g/mol. The molecule has 0 aromatic heterocycles. The van der Waals surface area contributed by atoms with Gasteiger partial charge in [0.25, 0.3) is 0 Å². The van der Waals surface area contributed by atoms with Crippen LogP contribution in [-0.4, -0.2) is 31.7 Å². The normalized spacial score (nSPS) is 13.7. The van der Waals surface area contributed by atoms with Crippen molar-refractivity contribution >= 4 is 0 Å². The Labute approximate surface area is 250 Å². The highest BCUT2D eigenvalue weighted by Crippen LogP contribution is 2.26. The minimum atomic E-state index is 0.945. The van der Waals surface area contributed by atoms with Gasteiger partial charge in [-0.1, -0.05) is 182 Å². The van der Waals surface area contributed by atoms with Gasteiger partial charge < -0.3 is 4.48 Å². The predicted molar refractivity (Wildman–Crippen MR) is 181 cm³/mol. The third-order valence-corrected chi connectivity index (χ3v) is 9.37. The number of rotatable bonds is 32. The Balaban J connectivity index is 4.80. The van der Waals surface area contributed by atoms with Crippen molar-refractivity contribution in [3.05, 3.63) is 0 Å². The van der Waals surface area contributed by atoms with Gasteiger partial charge in [-0.25, -0.2) is 0 Å². The van der Waals surface area contributed by atoms with Crippen LogP contribution in [0.1, 0.15) is 207 Å². The second-order valence-corrected chi connectivity index (χ2v) is 14.3. The smallest absolute Gasteiger partial charge is 0.0811 e. The molecule has 39 heavy (non-hydrogen) atoms. The maximum Gasteiger partial charge on any atom is 0.0811 e. The molecule has 0 bridgehead atoms. The van der Waals surface area contributed by atoms with Crippen LogP contribution in [0, 0.1) is 11.8 Å². The first-order chi connectivity index (χ1) is 19.0. The van der Waals surface area contributed by atoms with Crippen LogP contribution in [0.25, 0.3) is 0 Å². The van der Waals surface area contributed by atoms with Crippen molar-refractivity contribution in [3.8, 4) is 0 Å². The van der Waals surface area contributed by atoms with E-state index in [4.69, 9.17) is 0 Å². The summed E-state index contributed by atoms with van der Waals surface area (Å²) in [5.74, 6) is 1.89. The van der Waals surface area contributed by atoms with Crippen LogP contribution < -0.4 is 0 Å². The fourth-order valence-corrected chi connectivity index (χ4v) is 6.98. The zero-order valence-electron chi connectivity index (χ0n) is 28.8. The largest absolute Gasteiger partial charge is 0.328 e. The van der Waals surface area contributed by atoms with Gasteiger partial charge in [0.2, 0.25) is 0 Å². The summed E-state index contributed by atoms with van der Waals surface area (Å²) < 4.78 is 1.27. The number of hydrogen-bond donors (Lipinski definition) is 0. The molecule has 0 aliphatic rings. The fourth-order valence-electron chi connectivity index (χ4n) is 6.98. The SMILES string of the molecule is CCCCCCCCCC(CCCCCCC)C[N+](C)(C)CC(CCCCCCC)CCCCCCCCC. The van der Waals surface area contributed by atoms with E-state index in [0.717, 1.165) is 11.8 Å². The Hall–Kier alpha value is -0.0400. The lowest BCUT2D eigenvalue weighted by Gasteiger charge is -2.37. The third kappa shape index (κ3) is 27.9. The van der Waals surface area contributed by atoms with Crippen molar-refractivity contribution in [1.82, 2.24) is 0 Å². The molecule has 0 aliphatic carbocycles. The van der Waals surface area contributed by atoms with E-state index in [9.17, 15) is 0 Å². The lowest BCUT2D eigenvalue weighted by molar-refractivity contribution is -0.897. The van der Waals surface area contributed by atoms with Gasteiger partial charge in [0, 0.05) is 11.8 Å². The van der Waals surface area contributed by atoms with E-state index < -0.39 is 0 Å². The summed E-state index contributed by atoms with van der Waals surface area (Å²) in [6.07, 6.45) is 40.6. The molecule has 0 aliphatic heterocycles. The van der Waals surface area contributed by atoms with E-state index in [1.165, 1.54) is 197 Å². The molecule has 0 amide bonds. The van der Waals surface area contributed by atoms with Crippen molar-refractivity contribution in [1.29, 1.82) is 0 Å². The summed E-state index contributed by atoms with van der Waals surface area (Å²) in [5.41, 5.74) is 0. The van der Waals surface area contributed by atoms with Crippen LogP contribution in [-0.2, 0) is 0 Å². The average Bonchev–Trinajstić information content (AvgIpc) is 2.91. The second-order valence-electron chi connectivity index (χ2n) is 14.3. The van der Waals surface area contributed by atoms with Crippen LogP contribution in [0.15, 0.2) is 0 Å². The van der Waals surface area contributed by atoms with Crippen molar-refractivity contribution < 1.29 is 4.48 Å². The molecular weight excluding hydrogens is 470 g/mol. The van der Waals surface area contributed by atoms with Gasteiger partial charge >= 0.3 is 0 Å². The summed E-state index contributed by atoms with van der Waals surface area (Å²) in [4.78, 5) is 0. The topological polar surface area (TPSA) is 0 Å². The van der Waals surface area contributed by atoms with E-state index in [1.807, 2.05) is 0 Å². The number of unbranched alkanes of at least 4 members (excludes halogenated alkanes) is 20. The number of hydrogen-bond acceptors (Lipinski definition) is 0. The zero-order valence-corrected chi connectivity index (χ0v) is 28.8. The highest BCUT2D eigenvalue weighted by atomic mass is 15.3. The van der Waals surface area contributed by atoms with Gasteiger partial charge in [0.15, 0.2) is 0 Å². The van der Waals surface area contributed by atoms with Crippen LogP contribution in [0.4, 0.5) is 0 Å². The molecule has 0 saturated carbocycles. The summed E-state index contributed by atoms with van der Waals surface area (Å²) in [6, 6.07) is 0. The molecule has 0 fully saturated rings. The molecule has 0 rings (SSSR count). The Bertz CT molecular complexity index is 416. The molecule has 236 valence electrons. The maximum absolute atomic E-state index is 2.59. The highest BCUT2D eigenvalue weighted by Gasteiger charge is 2.26. The van der Waals surface area contributed by atoms with E-state index in [1.54, 1.807) is 0 Å². The second kappa shape index (κ2) is 29.5. The van der Waals surface area contributed by atoms with E-state index in [2.05, 4.69) is 41.8 Å². The summed E-state index contributed by atoms with van der Waals surface area (Å²) in [5, 5.41) is 0. The molecule has 1 nitrogen and oxygen atoms in total. The first-order valence-corrected chi connectivity index (χ1v) is 18.8. The molecule has 0 aromatic carbocycles. The van der Waals surface area contributed by atoms with E-state index >= 15 is 0 Å². The van der Waals surface area contributed by atoms with Gasteiger partial charge in [0.05, 0.1) is 27.2 Å². The molecule has 0 saturated heterocycles. The van der Waals surface area contributed by atoms with E-state index in [0.29, 0.717) is 0 Å². The first kappa shape index (κ1) is 39.0. The van der Waals surface area contributed by atoms with Crippen LogP contribution in [0.3, 0.4) is 0 Å². The monoisotopic (exact) mass is 551 g/mol. The van der Waals surface area contributed by atoms with Crippen LogP contribution in [0.5, 0.6) is 0 Å². The molecule has 0 spiro atoms. The first-order valence-electron chi connectivity index (χ1n) is 18.8. The van der Waals surface area contributed by atoms with Crippen molar-refractivity contribution in [2.24, 2.45) is 11.8 Å². The lowest BCUT2D eigenvalue weighted by atomic mass is 9.90. The predicted octanol–water partition coefficient (Wildman–Crippen LogP) is 13.3. The maximum atomic E-state index is 2.59. The Morgan fingerprint density at radius 3 is 0.744 bits per heavy atom. The minimum Gasteiger partial charge on any atom is -0.328 e. The number of quaternary nitrogens is 1. The zero-order chi connectivity index (χ0) is 28.9. The lowest BCUT2D eigenvalue weighted by Crippen LogP contribution is -2.46. The van der Waals surface area contributed by atoms with Gasteiger partial charge in [-0.05, 0) is 25.7 Å². The molecule has 0 radical (unpaired) electrons. The molecule has 0 heterocycles. The molecule has 2 unspecified atom stereocenters. The highest BCUT2D eigenvalue weighted by molar-refractivity contribution is 4.65. The van der Waals surface area contributed by atoms with Crippen molar-refractivity contribution in [2.45, 2.75) is 207 Å². The molecule has 0 aromatic rings. The van der Waals surface area contributed by atoms with Crippen molar-refractivity contribution in [2.75, 3.05) is 27.2 Å². The fraction of sp³-hybridized carbons (Fsp3) is 1.00. The molecular formula is C38H80N+. The minimum absolute atomic E-state index is 0.945. The molecule has 1 heteroatoms. The molecule has 2 atom stereocenters. The van der Waals surface area contributed by atoms with Gasteiger partial charge in [-0.15, -0.1) is 0 Å². The summed E-state index contributed by atoms with van der Waals surface area (Å²) >= 11 is 0.